The maximum absolute atomic E-state index is 12.8. The van der Waals surface area contributed by atoms with Crippen LogP contribution in [0.4, 0.5) is 4.79 Å². The third-order valence-corrected chi connectivity index (χ3v) is 6.11. The molecule has 1 N–H and O–H groups in total. The van der Waals surface area contributed by atoms with Gasteiger partial charge in [0.15, 0.2) is 0 Å². The molecule has 31 heavy (non-hydrogen) atoms. The summed E-state index contributed by atoms with van der Waals surface area (Å²) in [5.74, 6) is 0.811. The third kappa shape index (κ3) is 4.24. The average molecular weight is 453 g/mol. The SMILES string of the molecule is C=CCN1C(=O)NC(c2ccc(SC)cc2)C(c2nc(-c3ccc(Cl)cc3)no2)=C1C. The van der Waals surface area contributed by atoms with Crippen molar-refractivity contribution in [3.63, 3.8) is 0 Å². The molecule has 0 saturated heterocycles. The van der Waals surface area contributed by atoms with E-state index < -0.39 is 6.04 Å². The van der Waals surface area contributed by atoms with Crippen LogP contribution in [0.2, 0.25) is 5.02 Å². The van der Waals surface area contributed by atoms with Crippen LogP contribution in [0.15, 0.2) is 76.3 Å². The molecule has 0 saturated carbocycles. The van der Waals surface area contributed by atoms with Crippen molar-refractivity contribution in [1.29, 1.82) is 0 Å². The van der Waals surface area contributed by atoms with E-state index in [9.17, 15) is 4.79 Å². The van der Waals surface area contributed by atoms with Crippen LogP contribution in [-0.2, 0) is 0 Å². The number of urea groups is 1. The third-order valence-electron chi connectivity index (χ3n) is 5.12. The van der Waals surface area contributed by atoms with E-state index in [1.54, 1.807) is 34.9 Å². The number of carbonyl (C=O) groups is 1. The molecule has 6 nitrogen and oxygen atoms in total. The van der Waals surface area contributed by atoms with Crippen LogP contribution < -0.4 is 5.32 Å². The molecule has 8 heteroatoms. The zero-order valence-electron chi connectivity index (χ0n) is 17.1. The Labute approximate surface area is 190 Å². The van der Waals surface area contributed by atoms with Gasteiger partial charge in [-0.05, 0) is 55.1 Å². The topological polar surface area (TPSA) is 71.3 Å². The van der Waals surface area contributed by atoms with Crippen molar-refractivity contribution in [2.75, 3.05) is 12.8 Å². The molecule has 1 atom stereocenters. The van der Waals surface area contributed by atoms with Gasteiger partial charge in [0.2, 0.25) is 5.82 Å². The molecular weight excluding hydrogens is 432 g/mol. The first kappa shape index (κ1) is 21.2. The molecule has 0 aliphatic carbocycles. The molecule has 1 unspecified atom stereocenters. The molecular formula is C23H21ClN4O2S. The Bertz CT molecular complexity index is 1140. The van der Waals surface area contributed by atoms with Gasteiger partial charge in [-0.2, -0.15) is 4.98 Å². The molecule has 1 aliphatic rings. The highest BCUT2D eigenvalue weighted by Gasteiger charge is 2.35. The van der Waals surface area contributed by atoms with Crippen molar-refractivity contribution >= 4 is 35.0 Å². The second kappa shape index (κ2) is 8.99. The van der Waals surface area contributed by atoms with Gasteiger partial charge in [0, 0.05) is 27.7 Å². The molecule has 2 amide bonds. The highest BCUT2D eigenvalue weighted by atomic mass is 35.5. The number of rotatable bonds is 6. The van der Waals surface area contributed by atoms with E-state index >= 15 is 0 Å². The molecule has 2 aromatic carbocycles. The number of carbonyl (C=O) groups excluding carboxylic acids is 1. The van der Waals surface area contributed by atoms with Gasteiger partial charge in [0.1, 0.15) is 0 Å². The lowest BCUT2D eigenvalue weighted by Gasteiger charge is -2.34. The number of aromatic nitrogens is 2. The number of nitrogens with zero attached hydrogens (tertiary/aromatic N) is 3. The minimum atomic E-state index is -0.414. The van der Waals surface area contributed by atoms with E-state index in [-0.39, 0.29) is 6.03 Å². The van der Waals surface area contributed by atoms with Crippen molar-refractivity contribution in [1.82, 2.24) is 20.4 Å². The molecule has 1 aliphatic heterocycles. The number of hydrogen-bond acceptors (Lipinski definition) is 5. The quantitative estimate of drug-likeness (QED) is 0.378. The van der Waals surface area contributed by atoms with Gasteiger partial charge in [-0.25, -0.2) is 4.79 Å². The summed E-state index contributed by atoms with van der Waals surface area (Å²) in [6.07, 6.45) is 3.71. The van der Waals surface area contributed by atoms with Crippen LogP contribution in [0.1, 0.15) is 24.4 Å². The highest BCUT2D eigenvalue weighted by molar-refractivity contribution is 7.98. The van der Waals surface area contributed by atoms with Crippen molar-refractivity contribution in [3.05, 3.63) is 83.4 Å². The summed E-state index contributed by atoms with van der Waals surface area (Å²) >= 11 is 7.65. The summed E-state index contributed by atoms with van der Waals surface area (Å²) in [4.78, 5) is 20.2. The molecule has 2 heterocycles. The first-order valence-electron chi connectivity index (χ1n) is 9.65. The molecule has 0 bridgehead atoms. The second-order valence-electron chi connectivity index (χ2n) is 6.98. The Hall–Kier alpha value is -3.03. The molecule has 0 fully saturated rings. The van der Waals surface area contributed by atoms with Crippen molar-refractivity contribution < 1.29 is 9.32 Å². The summed E-state index contributed by atoms with van der Waals surface area (Å²) in [7, 11) is 0. The smallest absolute Gasteiger partial charge is 0.322 e. The molecule has 158 valence electrons. The average Bonchev–Trinajstić information content (AvgIpc) is 3.26. The number of hydrogen-bond donors (Lipinski definition) is 1. The molecule has 3 aromatic rings. The first-order valence-corrected chi connectivity index (χ1v) is 11.3. The maximum Gasteiger partial charge on any atom is 0.322 e. The Morgan fingerprint density at radius 2 is 1.94 bits per heavy atom. The monoisotopic (exact) mass is 452 g/mol. The van der Waals surface area contributed by atoms with Crippen LogP contribution in [0.25, 0.3) is 17.0 Å². The van der Waals surface area contributed by atoms with Gasteiger partial charge in [-0.3, -0.25) is 4.90 Å². The number of benzene rings is 2. The number of nitrogens with one attached hydrogen (secondary N) is 1. The summed E-state index contributed by atoms with van der Waals surface area (Å²) in [6.45, 7) is 6.01. The minimum Gasteiger partial charge on any atom is -0.334 e. The van der Waals surface area contributed by atoms with Gasteiger partial charge < -0.3 is 9.84 Å². The Morgan fingerprint density at radius 1 is 1.23 bits per heavy atom. The normalized spacial score (nSPS) is 16.4. The Kier molecular flexibility index (Phi) is 6.15. The molecule has 0 spiro atoms. The predicted octanol–water partition coefficient (Wildman–Crippen LogP) is 5.80. The standard InChI is InChI=1S/C23H21ClN4O2S/c1-4-13-28-14(2)19(20(25-23(28)29)15-7-11-18(31-3)12-8-15)22-26-21(27-30-22)16-5-9-17(24)10-6-16/h4-12,20H,1,13H2,2-3H3,(H,25,29). The Balaban J connectivity index is 1.79. The fourth-order valence-electron chi connectivity index (χ4n) is 3.50. The second-order valence-corrected chi connectivity index (χ2v) is 8.30. The van der Waals surface area contributed by atoms with E-state index in [0.717, 1.165) is 27.3 Å². The van der Waals surface area contributed by atoms with Crippen LogP contribution >= 0.6 is 23.4 Å². The fraction of sp³-hybridized carbons (Fsp3) is 0.174. The maximum atomic E-state index is 12.8. The summed E-state index contributed by atoms with van der Waals surface area (Å²) < 4.78 is 5.66. The van der Waals surface area contributed by atoms with E-state index in [4.69, 9.17) is 16.1 Å². The van der Waals surface area contributed by atoms with Gasteiger partial charge in [-0.1, -0.05) is 35.0 Å². The summed E-state index contributed by atoms with van der Waals surface area (Å²) in [5.41, 5.74) is 3.23. The van der Waals surface area contributed by atoms with Crippen LogP contribution in [0.5, 0.6) is 0 Å². The van der Waals surface area contributed by atoms with Crippen molar-refractivity contribution in [2.24, 2.45) is 0 Å². The van der Waals surface area contributed by atoms with Gasteiger partial charge in [0.25, 0.3) is 5.89 Å². The summed E-state index contributed by atoms with van der Waals surface area (Å²) in [5, 5.41) is 7.86. The predicted molar refractivity (Wildman–Crippen MR) is 124 cm³/mol. The van der Waals surface area contributed by atoms with E-state index in [2.05, 4.69) is 22.0 Å². The van der Waals surface area contributed by atoms with E-state index in [1.165, 1.54) is 0 Å². The number of thioether (sulfide) groups is 1. The minimum absolute atomic E-state index is 0.197. The molecule has 1 aromatic heterocycles. The highest BCUT2D eigenvalue weighted by Crippen LogP contribution is 2.37. The van der Waals surface area contributed by atoms with Crippen molar-refractivity contribution in [3.8, 4) is 11.4 Å². The number of amides is 2. The van der Waals surface area contributed by atoms with Crippen LogP contribution in [0.3, 0.4) is 0 Å². The van der Waals surface area contributed by atoms with E-state index in [1.807, 2.05) is 49.6 Å². The Morgan fingerprint density at radius 3 is 2.58 bits per heavy atom. The molecule has 0 radical (unpaired) electrons. The lowest BCUT2D eigenvalue weighted by atomic mass is 9.94. The van der Waals surface area contributed by atoms with E-state index in [0.29, 0.717) is 23.3 Å². The number of halogens is 1. The van der Waals surface area contributed by atoms with Gasteiger partial charge >= 0.3 is 6.03 Å². The molecule has 4 rings (SSSR count). The zero-order chi connectivity index (χ0) is 22.0. The summed E-state index contributed by atoms with van der Waals surface area (Å²) in [6, 6.07) is 14.7. The lowest BCUT2D eigenvalue weighted by molar-refractivity contribution is 0.209. The van der Waals surface area contributed by atoms with Crippen molar-refractivity contribution in [2.45, 2.75) is 17.9 Å². The fourth-order valence-corrected chi connectivity index (χ4v) is 4.04. The van der Waals surface area contributed by atoms with Gasteiger partial charge in [0.05, 0.1) is 11.6 Å². The van der Waals surface area contributed by atoms with Crippen LogP contribution in [0, 0.1) is 0 Å². The van der Waals surface area contributed by atoms with Crippen LogP contribution in [-0.4, -0.2) is 33.9 Å². The zero-order valence-corrected chi connectivity index (χ0v) is 18.7. The largest absolute Gasteiger partial charge is 0.334 e. The number of allylic oxidation sites excluding steroid dienone is 1. The lowest BCUT2D eigenvalue weighted by Crippen LogP contribution is -2.46. The first-order chi connectivity index (χ1) is 15.0. The van der Waals surface area contributed by atoms with Gasteiger partial charge in [-0.15, -0.1) is 18.3 Å².